The lowest BCUT2D eigenvalue weighted by Gasteiger charge is -2.23. The quantitative estimate of drug-likeness (QED) is 0.865. The number of nitrogens with zero attached hydrogens (tertiary/aromatic N) is 3. The molecule has 5 nitrogen and oxygen atoms in total. The molecule has 0 aliphatic rings. The zero-order valence-corrected chi connectivity index (χ0v) is 11.1. The summed E-state index contributed by atoms with van der Waals surface area (Å²) in [6, 6.07) is 7.88. The van der Waals surface area contributed by atoms with Crippen molar-refractivity contribution in [2.24, 2.45) is 5.73 Å². The number of rotatable bonds is 6. The van der Waals surface area contributed by atoms with Gasteiger partial charge in [0.15, 0.2) is 0 Å². The molecule has 1 aromatic carbocycles. The van der Waals surface area contributed by atoms with Crippen LogP contribution in [0.25, 0.3) is 0 Å². The lowest BCUT2D eigenvalue weighted by molar-refractivity contribution is 0.415. The van der Waals surface area contributed by atoms with Gasteiger partial charge in [0.2, 0.25) is 5.13 Å². The fourth-order valence-corrected chi connectivity index (χ4v) is 2.31. The predicted molar refractivity (Wildman–Crippen MR) is 73.6 cm³/mol. The van der Waals surface area contributed by atoms with Crippen LogP contribution >= 0.6 is 11.3 Å². The summed E-state index contributed by atoms with van der Waals surface area (Å²) in [6.07, 6.45) is 0.887. The van der Waals surface area contributed by atoms with E-state index < -0.39 is 0 Å². The molecule has 0 unspecified atom stereocenters. The Morgan fingerprint density at radius 1 is 1.39 bits per heavy atom. The molecule has 0 aliphatic heterocycles. The van der Waals surface area contributed by atoms with Crippen molar-refractivity contribution < 1.29 is 4.74 Å². The Bertz CT molecular complexity index is 475. The standard InChI is InChI=1S/C12H16N4OS/c1-17-11-6-3-2-5-10(11)16(8-4-7-13)12-15-14-9-18-12/h2-3,5-6,9H,4,7-8,13H2,1H3. The largest absolute Gasteiger partial charge is 0.495 e. The second kappa shape index (κ2) is 6.32. The lowest BCUT2D eigenvalue weighted by Crippen LogP contribution is -2.21. The minimum atomic E-state index is 0.643. The fourth-order valence-electron chi connectivity index (χ4n) is 1.71. The first-order chi connectivity index (χ1) is 8.86. The van der Waals surface area contributed by atoms with Crippen molar-refractivity contribution in [3.63, 3.8) is 0 Å². The van der Waals surface area contributed by atoms with E-state index in [1.807, 2.05) is 24.3 Å². The molecule has 18 heavy (non-hydrogen) atoms. The van der Waals surface area contributed by atoms with E-state index in [9.17, 15) is 0 Å². The van der Waals surface area contributed by atoms with Gasteiger partial charge >= 0.3 is 0 Å². The zero-order valence-electron chi connectivity index (χ0n) is 10.2. The maximum atomic E-state index is 5.59. The molecule has 96 valence electrons. The highest BCUT2D eigenvalue weighted by molar-refractivity contribution is 7.13. The van der Waals surface area contributed by atoms with Crippen molar-refractivity contribution in [2.75, 3.05) is 25.1 Å². The van der Waals surface area contributed by atoms with Crippen molar-refractivity contribution in [3.8, 4) is 5.75 Å². The maximum Gasteiger partial charge on any atom is 0.212 e. The van der Waals surface area contributed by atoms with Crippen LogP contribution in [0.15, 0.2) is 29.8 Å². The van der Waals surface area contributed by atoms with Crippen LogP contribution in [0.5, 0.6) is 5.75 Å². The molecule has 6 heteroatoms. The SMILES string of the molecule is COc1ccccc1N(CCCN)c1nncs1. The number of hydrogen-bond acceptors (Lipinski definition) is 6. The van der Waals surface area contributed by atoms with Crippen LogP contribution in [0, 0.1) is 0 Å². The van der Waals surface area contributed by atoms with E-state index in [4.69, 9.17) is 10.5 Å². The van der Waals surface area contributed by atoms with E-state index in [0.29, 0.717) is 6.54 Å². The molecule has 0 saturated heterocycles. The Hall–Kier alpha value is -1.66. The Labute approximate surface area is 110 Å². The number of methoxy groups -OCH3 is 1. The van der Waals surface area contributed by atoms with E-state index in [2.05, 4.69) is 15.1 Å². The van der Waals surface area contributed by atoms with Gasteiger partial charge in [0.25, 0.3) is 0 Å². The highest BCUT2D eigenvalue weighted by Gasteiger charge is 2.15. The molecule has 2 N–H and O–H groups in total. The predicted octanol–water partition coefficient (Wildman–Crippen LogP) is 2.03. The van der Waals surface area contributed by atoms with Crippen LogP contribution in [0.4, 0.5) is 10.8 Å². The minimum absolute atomic E-state index is 0.643. The highest BCUT2D eigenvalue weighted by Crippen LogP contribution is 2.33. The van der Waals surface area contributed by atoms with Gasteiger partial charge in [-0.1, -0.05) is 23.5 Å². The van der Waals surface area contributed by atoms with Gasteiger partial charge in [0, 0.05) is 6.54 Å². The van der Waals surface area contributed by atoms with Gasteiger partial charge in [-0.15, -0.1) is 10.2 Å². The highest BCUT2D eigenvalue weighted by atomic mass is 32.1. The number of anilines is 2. The summed E-state index contributed by atoms with van der Waals surface area (Å²) in [5.41, 5.74) is 8.30. The van der Waals surface area contributed by atoms with Crippen LogP contribution in [-0.2, 0) is 0 Å². The van der Waals surface area contributed by atoms with Crippen molar-refractivity contribution in [1.29, 1.82) is 0 Å². The van der Waals surface area contributed by atoms with Gasteiger partial charge < -0.3 is 15.4 Å². The number of aromatic nitrogens is 2. The van der Waals surface area contributed by atoms with Crippen molar-refractivity contribution in [1.82, 2.24) is 10.2 Å². The molecule has 0 saturated carbocycles. The molecule has 0 atom stereocenters. The van der Waals surface area contributed by atoms with Gasteiger partial charge in [0.05, 0.1) is 12.8 Å². The molecular weight excluding hydrogens is 248 g/mol. The first-order valence-electron chi connectivity index (χ1n) is 5.73. The number of para-hydroxylation sites is 2. The number of ether oxygens (including phenoxy) is 1. The average Bonchev–Trinajstić information content (AvgIpc) is 2.94. The van der Waals surface area contributed by atoms with E-state index in [0.717, 1.165) is 29.5 Å². The van der Waals surface area contributed by atoms with Gasteiger partial charge in [-0.3, -0.25) is 0 Å². The summed E-state index contributed by atoms with van der Waals surface area (Å²) in [5.74, 6) is 0.824. The Morgan fingerprint density at radius 3 is 2.89 bits per heavy atom. The Kier molecular flexibility index (Phi) is 4.49. The van der Waals surface area contributed by atoms with Crippen LogP contribution < -0.4 is 15.4 Å². The van der Waals surface area contributed by atoms with Crippen LogP contribution in [0.3, 0.4) is 0 Å². The van der Waals surface area contributed by atoms with Gasteiger partial charge in [-0.05, 0) is 25.1 Å². The van der Waals surface area contributed by atoms with Crippen molar-refractivity contribution in [2.45, 2.75) is 6.42 Å². The van der Waals surface area contributed by atoms with Crippen LogP contribution in [0.1, 0.15) is 6.42 Å². The van der Waals surface area contributed by atoms with Crippen molar-refractivity contribution >= 4 is 22.2 Å². The summed E-state index contributed by atoms with van der Waals surface area (Å²) in [6.45, 7) is 1.44. The molecule has 2 rings (SSSR count). The first-order valence-corrected chi connectivity index (χ1v) is 6.61. The maximum absolute atomic E-state index is 5.59. The van der Waals surface area contributed by atoms with E-state index in [1.54, 1.807) is 12.6 Å². The molecule has 2 aromatic rings. The lowest BCUT2D eigenvalue weighted by atomic mass is 10.2. The molecule has 0 radical (unpaired) electrons. The average molecular weight is 264 g/mol. The molecule has 1 aromatic heterocycles. The van der Waals surface area contributed by atoms with E-state index in [-0.39, 0.29) is 0 Å². The minimum Gasteiger partial charge on any atom is -0.495 e. The van der Waals surface area contributed by atoms with E-state index >= 15 is 0 Å². The molecule has 0 amide bonds. The molecule has 0 fully saturated rings. The number of nitrogens with two attached hydrogens (primary N) is 1. The molecule has 0 spiro atoms. The molecular formula is C12H16N4OS. The van der Waals surface area contributed by atoms with Gasteiger partial charge in [-0.2, -0.15) is 0 Å². The normalized spacial score (nSPS) is 10.3. The summed E-state index contributed by atoms with van der Waals surface area (Å²) in [5, 5.41) is 8.86. The molecule has 1 heterocycles. The third-order valence-corrected chi connectivity index (χ3v) is 3.25. The third-order valence-electron chi connectivity index (χ3n) is 2.54. The Morgan fingerprint density at radius 2 is 2.22 bits per heavy atom. The van der Waals surface area contributed by atoms with E-state index in [1.165, 1.54) is 11.3 Å². The first kappa shape index (κ1) is 12.8. The number of hydrogen-bond donors (Lipinski definition) is 1. The summed E-state index contributed by atoms with van der Waals surface area (Å²) in [4.78, 5) is 2.09. The molecule has 0 bridgehead atoms. The topological polar surface area (TPSA) is 64.3 Å². The van der Waals surface area contributed by atoms with Crippen molar-refractivity contribution in [3.05, 3.63) is 29.8 Å². The third kappa shape index (κ3) is 2.77. The smallest absolute Gasteiger partial charge is 0.212 e. The summed E-state index contributed by atoms with van der Waals surface area (Å²) in [7, 11) is 1.67. The zero-order chi connectivity index (χ0) is 12.8. The monoisotopic (exact) mass is 264 g/mol. The summed E-state index contributed by atoms with van der Waals surface area (Å²) >= 11 is 1.50. The molecule has 0 aliphatic carbocycles. The second-order valence-corrected chi connectivity index (χ2v) is 4.50. The summed E-state index contributed by atoms with van der Waals surface area (Å²) < 4.78 is 5.39. The van der Waals surface area contributed by atoms with Crippen LogP contribution in [0.2, 0.25) is 0 Å². The van der Waals surface area contributed by atoms with Gasteiger partial charge in [-0.25, -0.2) is 0 Å². The Balaban J connectivity index is 2.33. The van der Waals surface area contributed by atoms with Crippen LogP contribution in [-0.4, -0.2) is 30.4 Å². The fraction of sp³-hybridized carbons (Fsp3) is 0.333. The number of benzene rings is 1. The van der Waals surface area contributed by atoms with Gasteiger partial charge in [0.1, 0.15) is 11.3 Å². The second-order valence-electron chi connectivity index (χ2n) is 3.69.